The fourth-order valence-electron chi connectivity index (χ4n) is 3.66. The molecule has 0 spiro atoms. The zero-order valence-electron chi connectivity index (χ0n) is 20.1. The Morgan fingerprint density at radius 1 is 1.00 bits per heavy atom. The maximum absolute atomic E-state index is 13.2. The summed E-state index contributed by atoms with van der Waals surface area (Å²) in [6, 6.07) is 19.4. The predicted molar refractivity (Wildman–Crippen MR) is 144 cm³/mol. The molecule has 0 aliphatic heterocycles. The number of aromatic nitrogens is 2. The average molecular weight is 534 g/mol. The first-order valence-corrected chi connectivity index (χ1v) is 12.5. The van der Waals surface area contributed by atoms with Crippen LogP contribution in [0.4, 0.5) is 0 Å². The van der Waals surface area contributed by atoms with Crippen molar-refractivity contribution in [3.05, 3.63) is 98.0 Å². The molecule has 7 heteroatoms. The van der Waals surface area contributed by atoms with E-state index in [9.17, 15) is 4.79 Å². The quantitative estimate of drug-likeness (QED) is 0.237. The van der Waals surface area contributed by atoms with Gasteiger partial charge in [-0.2, -0.15) is 9.78 Å². The van der Waals surface area contributed by atoms with Gasteiger partial charge in [0.2, 0.25) is 0 Å². The molecule has 4 rings (SSSR count). The molecular formula is C28H28BrN3O3. The van der Waals surface area contributed by atoms with Crippen LogP contribution in [0.2, 0.25) is 0 Å². The van der Waals surface area contributed by atoms with Crippen LogP contribution in [-0.4, -0.2) is 22.5 Å². The number of rotatable bonds is 9. The van der Waals surface area contributed by atoms with Crippen molar-refractivity contribution in [3.8, 4) is 11.5 Å². The van der Waals surface area contributed by atoms with Crippen LogP contribution in [-0.2, 0) is 13.0 Å². The largest absolute Gasteiger partial charge is 0.490 e. The van der Waals surface area contributed by atoms with Crippen LogP contribution >= 0.6 is 15.9 Å². The second-order valence-electron chi connectivity index (χ2n) is 8.21. The summed E-state index contributed by atoms with van der Waals surface area (Å²) in [5, 5.41) is 5.03. The van der Waals surface area contributed by atoms with Gasteiger partial charge in [-0.3, -0.25) is 4.79 Å². The summed E-state index contributed by atoms with van der Waals surface area (Å²) in [7, 11) is 0. The third-order valence-corrected chi connectivity index (χ3v) is 5.95. The molecule has 0 bridgehead atoms. The van der Waals surface area contributed by atoms with Gasteiger partial charge in [0.15, 0.2) is 11.5 Å². The smallest absolute Gasteiger partial charge is 0.282 e. The van der Waals surface area contributed by atoms with Crippen molar-refractivity contribution in [1.82, 2.24) is 9.66 Å². The molecule has 1 heterocycles. The minimum Gasteiger partial charge on any atom is -0.490 e. The van der Waals surface area contributed by atoms with E-state index < -0.39 is 0 Å². The highest BCUT2D eigenvalue weighted by Gasteiger charge is 2.11. The van der Waals surface area contributed by atoms with Gasteiger partial charge in [-0.25, -0.2) is 4.98 Å². The van der Waals surface area contributed by atoms with Gasteiger partial charge >= 0.3 is 0 Å². The Morgan fingerprint density at radius 3 is 2.54 bits per heavy atom. The molecule has 0 saturated carbocycles. The van der Waals surface area contributed by atoms with E-state index in [2.05, 4.69) is 64.1 Å². The summed E-state index contributed by atoms with van der Waals surface area (Å²) in [6.45, 7) is 6.99. The van der Waals surface area contributed by atoms with E-state index in [0.29, 0.717) is 47.9 Å². The van der Waals surface area contributed by atoms with E-state index in [1.54, 1.807) is 12.3 Å². The summed E-state index contributed by atoms with van der Waals surface area (Å²) in [6.07, 6.45) is 3.15. The lowest BCUT2D eigenvalue weighted by molar-refractivity contribution is 0.269. The minimum atomic E-state index is -0.195. The van der Waals surface area contributed by atoms with Crippen LogP contribution in [0.15, 0.2) is 75.0 Å². The highest BCUT2D eigenvalue weighted by atomic mass is 79.9. The maximum atomic E-state index is 13.2. The van der Waals surface area contributed by atoms with E-state index in [-0.39, 0.29) is 5.56 Å². The molecule has 0 aliphatic carbocycles. The molecule has 0 amide bonds. The zero-order valence-corrected chi connectivity index (χ0v) is 21.7. The van der Waals surface area contributed by atoms with Crippen LogP contribution < -0.4 is 15.0 Å². The summed E-state index contributed by atoms with van der Waals surface area (Å²) < 4.78 is 14.1. The molecule has 0 unspecified atom stereocenters. The fourth-order valence-corrected chi connectivity index (χ4v) is 4.02. The summed E-state index contributed by atoms with van der Waals surface area (Å²) in [5.74, 6) is 1.92. The first-order chi connectivity index (χ1) is 17.0. The Bertz CT molecular complexity index is 1410. The fraction of sp³-hybridized carbons (Fsp3) is 0.250. The SMILES string of the molecule is CCCc1nc2ccc(Br)cc2c(=O)n1N=Cc1ccc(OCc2ccc(C)cc2)c(OCC)c1. The summed E-state index contributed by atoms with van der Waals surface area (Å²) in [5.41, 5.74) is 3.56. The maximum Gasteiger partial charge on any atom is 0.282 e. The average Bonchev–Trinajstić information content (AvgIpc) is 2.85. The van der Waals surface area contributed by atoms with E-state index >= 15 is 0 Å². The normalized spacial score (nSPS) is 11.3. The first kappa shape index (κ1) is 24.7. The van der Waals surface area contributed by atoms with E-state index in [4.69, 9.17) is 9.47 Å². The monoisotopic (exact) mass is 533 g/mol. The molecule has 0 radical (unpaired) electrons. The molecule has 0 atom stereocenters. The molecule has 180 valence electrons. The van der Waals surface area contributed by atoms with Crippen molar-refractivity contribution < 1.29 is 9.47 Å². The molecule has 1 aromatic heterocycles. The third kappa shape index (κ3) is 5.98. The number of hydrogen-bond acceptors (Lipinski definition) is 5. The number of aryl methyl sites for hydroxylation is 2. The van der Waals surface area contributed by atoms with Crippen molar-refractivity contribution >= 4 is 33.0 Å². The molecule has 0 saturated heterocycles. The van der Waals surface area contributed by atoms with Gasteiger partial charge in [0, 0.05) is 10.9 Å². The minimum absolute atomic E-state index is 0.195. The van der Waals surface area contributed by atoms with Crippen LogP contribution in [0.25, 0.3) is 10.9 Å². The number of nitrogens with zero attached hydrogens (tertiary/aromatic N) is 3. The highest BCUT2D eigenvalue weighted by molar-refractivity contribution is 9.10. The summed E-state index contributed by atoms with van der Waals surface area (Å²) >= 11 is 3.44. The van der Waals surface area contributed by atoms with Gasteiger partial charge in [0.05, 0.1) is 23.7 Å². The Morgan fingerprint density at radius 2 is 1.80 bits per heavy atom. The summed E-state index contributed by atoms with van der Waals surface area (Å²) in [4.78, 5) is 17.9. The third-order valence-electron chi connectivity index (χ3n) is 5.45. The lowest BCUT2D eigenvalue weighted by atomic mass is 10.2. The molecule has 0 N–H and O–H groups in total. The van der Waals surface area contributed by atoms with Gasteiger partial charge < -0.3 is 9.47 Å². The van der Waals surface area contributed by atoms with Crippen molar-refractivity contribution in [3.63, 3.8) is 0 Å². The Balaban J connectivity index is 1.63. The zero-order chi connectivity index (χ0) is 24.8. The lowest BCUT2D eigenvalue weighted by Gasteiger charge is -2.13. The second kappa shape index (κ2) is 11.3. The Kier molecular flexibility index (Phi) is 7.98. The highest BCUT2D eigenvalue weighted by Crippen LogP contribution is 2.29. The van der Waals surface area contributed by atoms with Crippen LogP contribution in [0, 0.1) is 6.92 Å². The predicted octanol–water partition coefficient (Wildman–Crippen LogP) is 6.28. The van der Waals surface area contributed by atoms with E-state index in [1.807, 2.05) is 37.3 Å². The van der Waals surface area contributed by atoms with Crippen LogP contribution in [0.1, 0.15) is 42.8 Å². The van der Waals surface area contributed by atoms with Gasteiger partial charge in [-0.1, -0.05) is 52.7 Å². The van der Waals surface area contributed by atoms with Crippen LogP contribution in [0.3, 0.4) is 0 Å². The number of halogens is 1. The Labute approximate surface area is 213 Å². The van der Waals surface area contributed by atoms with E-state index in [1.165, 1.54) is 10.2 Å². The number of ether oxygens (including phenoxy) is 2. The van der Waals surface area contributed by atoms with Crippen LogP contribution in [0.5, 0.6) is 11.5 Å². The lowest BCUT2D eigenvalue weighted by Crippen LogP contribution is -2.22. The Hall–Kier alpha value is -3.45. The van der Waals surface area contributed by atoms with Crippen molar-refractivity contribution in [2.45, 2.75) is 40.2 Å². The standard InChI is InChI=1S/C28H28BrN3O3/c1-4-6-27-31-24-13-12-22(29)16-23(24)28(33)32(27)30-17-21-11-14-25(26(15-21)34-5-2)35-18-20-9-7-19(3)8-10-20/h7-17H,4-6,18H2,1-3H3. The van der Waals surface area contributed by atoms with Gasteiger partial charge in [0.1, 0.15) is 12.4 Å². The van der Waals surface area contributed by atoms with Crippen molar-refractivity contribution in [1.29, 1.82) is 0 Å². The number of hydrogen-bond donors (Lipinski definition) is 0. The number of benzene rings is 3. The molecule has 6 nitrogen and oxygen atoms in total. The van der Waals surface area contributed by atoms with Gasteiger partial charge in [-0.05, 0) is 67.8 Å². The molecule has 0 fully saturated rings. The van der Waals surface area contributed by atoms with E-state index in [0.717, 1.165) is 22.0 Å². The van der Waals surface area contributed by atoms with Crippen molar-refractivity contribution in [2.75, 3.05) is 6.61 Å². The molecular weight excluding hydrogens is 506 g/mol. The molecule has 0 aliphatic rings. The van der Waals surface area contributed by atoms with Gasteiger partial charge in [-0.15, -0.1) is 0 Å². The topological polar surface area (TPSA) is 65.7 Å². The van der Waals surface area contributed by atoms with Crippen molar-refractivity contribution in [2.24, 2.45) is 5.10 Å². The molecule has 4 aromatic rings. The number of fused-ring (bicyclic) bond motifs is 1. The second-order valence-corrected chi connectivity index (χ2v) is 9.13. The molecule has 3 aromatic carbocycles. The first-order valence-electron chi connectivity index (χ1n) is 11.7. The van der Waals surface area contributed by atoms with Gasteiger partial charge in [0.25, 0.3) is 5.56 Å². The molecule has 35 heavy (non-hydrogen) atoms.